The third-order valence-corrected chi connectivity index (χ3v) is 4.53. The number of nitrogens with zero attached hydrogens (tertiary/aromatic N) is 2. The van der Waals surface area contributed by atoms with Gasteiger partial charge in [-0.1, -0.05) is 36.4 Å². The summed E-state index contributed by atoms with van der Waals surface area (Å²) in [5.74, 6) is 0.536. The number of benzene rings is 1. The van der Waals surface area contributed by atoms with Crippen LogP contribution in [0.3, 0.4) is 0 Å². The van der Waals surface area contributed by atoms with Gasteiger partial charge in [-0.2, -0.15) is 0 Å². The Balaban J connectivity index is 1.67. The lowest BCUT2D eigenvalue weighted by Crippen LogP contribution is -2.40. The van der Waals surface area contributed by atoms with Gasteiger partial charge in [0.2, 0.25) is 0 Å². The zero-order valence-corrected chi connectivity index (χ0v) is 15.2. The predicted molar refractivity (Wildman–Crippen MR) is 101 cm³/mol. The summed E-state index contributed by atoms with van der Waals surface area (Å²) in [5, 5.41) is 0. The molecule has 2 heterocycles. The Morgan fingerprint density at radius 2 is 2.04 bits per heavy atom. The number of ether oxygens (including phenoxy) is 2. The van der Waals surface area contributed by atoms with E-state index in [9.17, 15) is 4.79 Å². The Labute approximate surface area is 155 Å². The molecule has 2 unspecified atom stereocenters. The summed E-state index contributed by atoms with van der Waals surface area (Å²) in [5.41, 5.74) is 1.05. The third kappa shape index (κ3) is 5.13. The molecule has 0 aliphatic carbocycles. The molecule has 1 amide bonds. The first-order valence-electron chi connectivity index (χ1n) is 9.23. The van der Waals surface area contributed by atoms with Crippen LogP contribution in [-0.2, 0) is 20.8 Å². The van der Waals surface area contributed by atoms with E-state index >= 15 is 0 Å². The van der Waals surface area contributed by atoms with Crippen LogP contribution in [0.5, 0.6) is 0 Å². The van der Waals surface area contributed by atoms with E-state index in [1.165, 1.54) is 0 Å². The van der Waals surface area contributed by atoms with Crippen molar-refractivity contribution in [3.8, 4) is 0 Å². The number of carbonyl (C=O) groups is 1. The summed E-state index contributed by atoms with van der Waals surface area (Å²) in [7, 11) is 0. The van der Waals surface area contributed by atoms with Crippen LogP contribution in [0.15, 0.2) is 54.7 Å². The second-order valence-corrected chi connectivity index (χ2v) is 6.56. The third-order valence-electron chi connectivity index (χ3n) is 4.53. The topological polar surface area (TPSA) is 51.7 Å². The van der Waals surface area contributed by atoms with Gasteiger partial charge in [0, 0.05) is 12.8 Å². The van der Waals surface area contributed by atoms with Gasteiger partial charge in [-0.25, -0.2) is 4.98 Å². The number of anilines is 1. The maximum Gasteiger partial charge on any atom is 0.257 e. The number of rotatable bonds is 7. The molecule has 2 aromatic rings. The molecule has 0 N–H and O–H groups in total. The van der Waals surface area contributed by atoms with Crippen molar-refractivity contribution >= 4 is 11.7 Å². The molecular formula is C21H26N2O3. The van der Waals surface area contributed by atoms with Crippen molar-refractivity contribution in [3.05, 3.63) is 60.3 Å². The van der Waals surface area contributed by atoms with E-state index in [4.69, 9.17) is 9.47 Å². The molecule has 26 heavy (non-hydrogen) atoms. The van der Waals surface area contributed by atoms with Crippen LogP contribution >= 0.6 is 0 Å². The van der Waals surface area contributed by atoms with Crippen LogP contribution < -0.4 is 4.90 Å². The highest BCUT2D eigenvalue weighted by Crippen LogP contribution is 2.18. The van der Waals surface area contributed by atoms with E-state index in [-0.39, 0.29) is 12.0 Å². The first-order chi connectivity index (χ1) is 12.7. The molecule has 0 spiro atoms. The second-order valence-electron chi connectivity index (χ2n) is 6.56. The molecule has 0 saturated carbocycles. The Bertz CT molecular complexity index is 672. The van der Waals surface area contributed by atoms with Gasteiger partial charge in [0.05, 0.1) is 19.3 Å². The number of amides is 1. The average molecular weight is 354 g/mol. The Morgan fingerprint density at radius 1 is 1.23 bits per heavy atom. The summed E-state index contributed by atoms with van der Waals surface area (Å²) >= 11 is 0. The Kier molecular flexibility index (Phi) is 6.75. The highest BCUT2D eigenvalue weighted by molar-refractivity contribution is 5.95. The Hall–Kier alpha value is -2.24. The van der Waals surface area contributed by atoms with E-state index in [0.29, 0.717) is 19.0 Å². The Morgan fingerprint density at radius 3 is 2.73 bits per heavy atom. The first-order valence-corrected chi connectivity index (χ1v) is 9.23. The van der Waals surface area contributed by atoms with Crippen molar-refractivity contribution in [3.63, 3.8) is 0 Å². The van der Waals surface area contributed by atoms with Gasteiger partial charge in [-0.05, 0) is 43.9 Å². The van der Waals surface area contributed by atoms with Crippen LogP contribution in [0, 0.1) is 0 Å². The maximum atomic E-state index is 13.0. The summed E-state index contributed by atoms with van der Waals surface area (Å²) in [6.45, 7) is 3.50. The lowest BCUT2D eigenvalue weighted by molar-refractivity contribution is -0.133. The molecule has 1 fully saturated rings. The number of hydrogen-bond donors (Lipinski definition) is 0. The van der Waals surface area contributed by atoms with Crippen LogP contribution in [0.2, 0.25) is 0 Å². The number of pyridine rings is 1. The van der Waals surface area contributed by atoms with Gasteiger partial charge in [0.15, 0.2) is 0 Å². The van der Waals surface area contributed by atoms with E-state index in [0.717, 1.165) is 31.4 Å². The van der Waals surface area contributed by atoms with Gasteiger partial charge in [-0.15, -0.1) is 0 Å². The number of carbonyl (C=O) groups excluding carboxylic acids is 1. The minimum atomic E-state index is -0.550. The highest BCUT2D eigenvalue weighted by Gasteiger charge is 2.25. The molecule has 1 aromatic carbocycles. The molecule has 0 radical (unpaired) electrons. The van der Waals surface area contributed by atoms with Crippen LogP contribution in [0.25, 0.3) is 0 Å². The quantitative estimate of drug-likeness (QED) is 0.762. The molecule has 2 atom stereocenters. The van der Waals surface area contributed by atoms with Crippen LogP contribution in [0.1, 0.15) is 31.7 Å². The monoisotopic (exact) mass is 354 g/mol. The fraction of sp³-hybridized carbons (Fsp3) is 0.429. The van der Waals surface area contributed by atoms with Crippen LogP contribution in [-0.4, -0.2) is 36.3 Å². The zero-order chi connectivity index (χ0) is 18.2. The SMILES string of the molecule is CC(OCC1CCCCO1)C(=O)N(Cc1ccccc1)c1ccccn1. The predicted octanol–water partition coefficient (Wildman–Crippen LogP) is 3.59. The maximum absolute atomic E-state index is 13.0. The van der Waals surface area contributed by atoms with Gasteiger partial charge in [0.1, 0.15) is 11.9 Å². The second kappa shape index (κ2) is 9.46. The van der Waals surface area contributed by atoms with Crippen LogP contribution in [0.4, 0.5) is 5.82 Å². The molecule has 5 heteroatoms. The minimum Gasteiger partial charge on any atom is -0.376 e. The molecule has 0 bridgehead atoms. The molecule has 5 nitrogen and oxygen atoms in total. The zero-order valence-electron chi connectivity index (χ0n) is 15.2. The van der Waals surface area contributed by atoms with Crippen molar-refractivity contribution in [2.45, 2.75) is 44.9 Å². The lowest BCUT2D eigenvalue weighted by atomic mass is 10.1. The van der Waals surface area contributed by atoms with E-state index in [1.54, 1.807) is 18.0 Å². The molecule has 1 aromatic heterocycles. The van der Waals surface area contributed by atoms with Crippen molar-refractivity contribution in [2.75, 3.05) is 18.1 Å². The number of aromatic nitrogens is 1. The molecule has 1 saturated heterocycles. The van der Waals surface area contributed by atoms with Crippen molar-refractivity contribution in [2.24, 2.45) is 0 Å². The van der Waals surface area contributed by atoms with Gasteiger partial charge in [0.25, 0.3) is 5.91 Å². The fourth-order valence-corrected chi connectivity index (χ4v) is 3.03. The molecule has 1 aliphatic heterocycles. The molecule has 1 aliphatic rings. The van der Waals surface area contributed by atoms with Crippen molar-refractivity contribution in [1.82, 2.24) is 4.98 Å². The average Bonchev–Trinajstić information content (AvgIpc) is 2.72. The largest absolute Gasteiger partial charge is 0.376 e. The summed E-state index contributed by atoms with van der Waals surface area (Å²) in [4.78, 5) is 19.1. The standard InChI is InChI=1S/C21H26N2O3/c1-17(26-16-19-11-6-8-14-25-19)21(24)23(20-12-5-7-13-22-20)15-18-9-3-2-4-10-18/h2-5,7,9-10,12-13,17,19H,6,8,11,14-16H2,1H3. The molecule has 138 valence electrons. The minimum absolute atomic E-state index is 0.0939. The summed E-state index contributed by atoms with van der Waals surface area (Å²) in [6, 6.07) is 15.5. The summed E-state index contributed by atoms with van der Waals surface area (Å²) in [6.07, 6.45) is 4.50. The molecular weight excluding hydrogens is 328 g/mol. The van der Waals surface area contributed by atoms with E-state index < -0.39 is 6.10 Å². The van der Waals surface area contributed by atoms with Gasteiger partial charge >= 0.3 is 0 Å². The van der Waals surface area contributed by atoms with E-state index in [2.05, 4.69) is 4.98 Å². The van der Waals surface area contributed by atoms with E-state index in [1.807, 2.05) is 48.5 Å². The van der Waals surface area contributed by atoms with Crippen molar-refractivity contribution < 1.29 is 14.3 Å². The van der Waals surface area contributed by atoms with Gasteiger partial charge in [-0.3, -0.25) is 9.69 Å². The fourth-order valence-electron chi connectivity index (χ4n) is 3.03. The van der Waals surface area contributed by atoms with Gasteiger partial charge < -0.3 is 9.47 Å². The van der Waals surface area contributed by atoms with Crippen molar-refractivity contribution in [1.29, 1.82) is 0 Å². The summed E-state index contributed by atoms with van der Waals surface area (Å²) < 4.78 is 11.5. The normalized spacial score (nSPS) is 18.3. The number of hydrogen-bond acceptors (Lipinski definition) is 4. The lowest BCUT2D eigenvalue weighted by Gasteiger charge is -2.27. The molecule has 3 rings (SSSR count). The highest BCUT2D eigenvalue weighted by atomic mass is 16.5. The first kappa shape index (κ1) is 18.5. The smallest absolute Gasteiger partial charge is 0.257 e.